The van der Waals surface area contributed by atoms with E-state index in [4.69, 9.17) is 9.47 Å². The van der Waals surface area contributed by atoms with E-state index in [1.807, 2.05) is 0 Å². The molecule has 0 bridgehead atoms. The van der Waals surface area contributed by atoms with Gasteiger partial charge in [-0.05, 0) is 39.8 Å². The normalized spacial score (nSPS) is 12.2. The van der Waals surface area contributed by atoms with Crippen molar-refractivity contribution in [1.82, 2.24) is 5.32 Å². The van der Waals surface area contributed by atoms with E-state index in [2.05, 4.69) is 5.32 Å². The molecule has 0 heterocycles. The van der Waals surface area contributed by atoms with Crippen molar-refractivity contribution in [1.29, 1.82) is 0 Å². The van der Waals surface area contributed by atoms with Crippen LogP contribution < -0.4 is 5.32 Å². The second-order valence-electron chi connectivity index (χ2n) is 5.77. The molecule has 6 nitrogen and oxygen atoms in total. The Hall–Kier alpha value is -2.37. The zero-order valence-electron chi connectivity index (χ0n) is 13.2. The van der Waals surface area contributed by atoms with Gasteiger partial charge < -0.3 is 14.8 Å². The molecular formula is C16H21NO5. The molecule has 1 aromatic carbocycles. The quantitative estimate of drug-likeness (QED) is 0.844. The standard InChI is InChI=1S/C16H21NO5/c1-11(18)13(17-15(20)22-16(2,3)4)10-21-14(19)12-8-6-5-7-9-12/h5-9,13H,10H2,1-4H3,(H,17,20)/t13-/m1/s1. The third kappa shape index (κ3) is 6.39. The van der Waals surface area contributed by atoms with E-state index in [1.165, 1.54) is 6.92 Å². The summed E-state index contributed by atoms with van der Waals surface area (Å²) in [5.74, 6) is -0.885. The van der Waals surface area contributed by atoms with Crippen LogP contribution in [0.25, 0.3) is 0 Å². The molecule has 22 heavy (non-hydrogen) atoms. The molecule has 0 saturated heterocycles. The largest absolute Gasteiger partial charge is 0.459 e. The molecule has 0 unspecified atom stereocenters. The molecule has 1 N–H and O–H groups in total. The average Bonchev–Trinajstić information content (AvgIpc) is 2.41. The smallest absolute Gasteiger partial charge is 0.408 e. The second-order valence-corrected chi connectivity index (χ2v) is 5.77. The van der Waals surface area contributed by atoms with Gasteiger partial charge in [0.15, 0.2) is 5.78 Å². The average molecular weight is 307 g/mol. The highest BCUT2D eigenvalue weighted by molar-refractivity contribution is 5.90. The molecule has 0 aliphatic carbocycles. The van der Waals surface area contributed by atoms with Crippen molar-refractivity contribution in [3.05, 3.63) is 35.9 Å². The van der Waals surface area contributed by atoms with Crippen molar-refractivity contribution >= 4 is 17.8 Å². The molecule has 0 aliphatic rings. The van der Waals surface area contributed by atoms with Crippen LogP contribution >= 0.6 is 0 Å². The Morgan fingerprint density at radius 1 is 1.14 bits per heavy atom. The van der Waals surface area contributed by atoms with Gasteiger partial charge in [0.25, 0.3) is 0 Å². The van der Waals surface area contributed by atoms with E-state index in [1.54, 1.807) is 51.1 Å². The molecule has 1 aromatic rings. The number of carbonyl (C=O) groups excluding carboxylic acids is 3. The number of rotatable bonds is 5. The molecule has 0 aliphatic heterocycles. The lowest BCUT2D eigenvalue weighted by Gasteiger charge is -2.22. The van der Waals surface area contributed by atoms with Crippen LogP contribution in [0.3, 0.4) is 0 Å². The number of hydrogen-bond acceptors (Lipinski definition) is 5. The third-order valence-electron chi connectivity index (χ3n) is 2.57. The maximum absolute atomic E-state index is 11.8. The van der Waals surface area contributed by atoms with E-state index in [0.29, 0.717) is 5.56 Å². The topological polar surface area (TPSA) is 81.7 Å². The number of ketones is 1. The van der Waals surface area contributed by atoms with Crippen molar-refractivity contribution in [2.75, 3.05) is 6.61 Å². The Labute approximate surface area is 129 Å². The molecule has 0 aromatic heterocycles. The number of esters is 1. The lowest BCUT2D eigenvalue weighted by molar-refractivity contribution is -0.120. The van der Waals surface area contributed by atoms with Gasteiger partial charge in [-0.25, -0.2) is 9.59 Å². The second kappa shape index (κ2) is 7.59. The monoisotopic (exact) mass is 307 g/mol. The summed E-state index contributed by atoms with van der Waals surface area (Å²) in [7, 11) is 0. The number of nitrogens with one attached hydrogen (secondary N) is 1. The summed E-state index contributed by atoms with van der Waals surface area (Å²) in [6, 6.07) is 7.45. The molecule has 1 amide bonds. The molecule has 0 spiro atoms. The van der Waals surface area contributed by atoms with Gasteiger partial charge in [-0.3, -0.25) is 4.79 Å². The number of amides is 1. The van der Waals surface area contributed by atoms with Crippen LogP contribution in [0.4, 0.5) is 4.79 Å². The van der Waals surface area contributed by atoms with Crippen LogP contribution in [0, 0.1) is 0 Å². The van der Waals surface area contributed by atoms with E-state index in [0.717, 1.165) is 0 Å². The summed E-state index contributed by atoms with van der Waals surface area (Å²) < 4.78 is 10.1. The van der Waals surface area contributed by atoms with Crippen molar-refractivity contribution in [3.8, 4) is 0 Å². The summed E-state index contributed by atoms with van der Waals surface area (Å²) in [5, 5.41) is 2.39. The van der Waals surface area contributed by atoms with E-state index >= 15 is 0 Å². The lowest BCUT2D eigenvalue weighted by atomic mass is 10.2. The summed E-state index contributed by atoms with van der Waals surface area (Å²) >= 11 is 0. The van der Waals surface area contributed by atoms with Crippen molar-refractivity contribution in [3.63, 3.8) is 0 Å². The first-order chi connectivity index (χ1) is 10.2. The van der Waals surface area contributed by atoms with E-state index in [9.17, 15) is 14.4 Å². The van der Waals surface area contributed by atoms with Gasteiger partial charge in [0.2, 0.25) is 0 Å². The minimum absolute atomic E-state index is 0.248. The Balaban J connectivity index is 2.57. The Morgan fingerprint density at radius 3 is 2.23 bits per heavy atom. The molecular weight excluding hydrogens is 286 g/mol. The van der Waals surface area contributed by atoms with Gasteiger partial charge in [-0.15, -0.1) is 0 Å². The number of Topliss-reactive ketones (excluding diaryl/α,β-unsaturated/α-hetero) is 1. The Morgan fingerprint density at radius 2 is 1.73 bits per heavy atom. The molecule has 1 rings (SSSR count). The fourth-order valence-corrected chi connectivity index (χ4v) is 1.53. The Kier molecular flexibility index (Phi) is 6.10. The number of hydrogen-bond donors (Lipinski definition) is 1. The first kappa shape index (κ1) is 17.7. The fourth-order valence-electron chi connectivity index (χ4n) is 1.53. The number of ether oxygens (including phenoxy) is 2. The maximum Gasteiger partial charge on any atom is 0.408 e. The summed E-state index contributed by atoms with van der Waals surface area (Å²) in [5.41, 5.74) is -0.298. The first-order valence-corrected chi connectivity index (χ1v) is 6.91. The molecule has 0 fully saturated rings. The van der Waals surface area contributed by atoms with Crippen molar-refractivity contribution in [2.45, 2.75) is 39.3 Å². The minimum Gasteiger partial charge on any atom is -0.459 e. The van der Waals surface area contributed by atoms with Gasteiger partial charge >= 0.3 is 12.1 Å². The van der Waals surface area contributed by atoms with Gasteiger partial charge in [0, 0.05) is 0 Å². The van der Waals surface area contributed by atoms with Crippen LogP contribution in [0.2, 0.25) is 0 Å². The van der Waals surface area contributed by atoms with Gasteiger partial charge in [-0.2, -0.15) is 0 Å². The van der Waals surface area contributed by atoms with E-state index < -0.39 is 23.7 Å². The molecule has 6 heteroatoms. The van der Waals surface area contributed by atoms with Crippen LogP contribution in [-0.2, 0) is 14.3 Å². The van der Waals surface area contributed by atoms with Gasteiger partial charge in [0.1, 0.15) is 18.2 Å². The third-order valence-corrected chi connectivity index (χ3v) is 2.57. The SMILES string of the molecule is CC(=O)[C@@H](COC(=O)c1ccccc1)NC(=O)OC(C)(C)C. The predicted octanol–water partition coefficient (Wildman–Crippen LogP) is 2.33. The van der Waals surface area contributed by atoms with E-state index in [-0.39, 0.29) is 12.4 Å². The Bertz CT molecular complexity index is 533. The van der Waals surface area contributed by atoms with Crippen molar-refractivity contribution in [2.24, 2.45) is 0 Å². The number of alkyl carbamates (subject to hydrolysis) is 1. The van der Waals surface area contributed by atoms with Crippen LogP contribution in [0.5, 0.6) is 0 Å². The first-order valence-electron chi connectivity index (χ1n) is 6.91. The van der Waals surface area contributed by atoms with Gasteiger partial charge in [-0.1, -0.05) is 18.2 Å². The zero-order valence-corrected chi connectivity index (χ0v) is 13.2. The zero-order chi connectivity index (χ0) is 16.8. The number of benzene rings is 1. The highest BCUT2D eigenvalue weighted by Gasteiger charge is 2.23. The van der Waals surface area contributed by atoms with Crippen LogP contribution in [0.1, 0.15) is 38.1 Å². The molecule has 120 valence electrons. The van der Waals surface area contributed by atoms with Crippen LogP contribution in [-0.4, -0.2) is 36.1 Å². The van der Waals surface area contributed by atoms with Crippen molar-refractivity contribution < 1.29 is 23.9 Å². The minimum atomic E-state index is -0.942. The fraction of sp³-hybridized carbons (Fsp3) is 0.438. The lowest BCUT2D eigenvalue weighted by Crippen LogP contribution is -2.45. The summed E-state index contributed by atoms with van der Waals surface area (Å²) in [6.07, 6.45) is -0.733. The molecule has 1 atom stereocenters. The molecule has 0 radical (unpaired) electrons. The molecule has 0 saturated carbocycles. The van der Waals surface area contributed by atoms with Crippen LogP contribution in [0.15, 0.2) is 30.3 Å². The highest BCUT2D eigenvalue weighted by Crippen LogP contribution is 2.07. The summed E-state index contributed by atoms with van der Waals surface area (Å²) in [6.45, 7) is 6.20. The highest BCUT2D eigenvalue weighted by atomic mass is 16.6. The maximum atomic E-state index is 11.8. The summed E-state index contributed by atoms with van der Waals surface area (Å²) in [4.78, 5) is 35.0. The predicted molar refractivity (Wildman–Crippen MR) is 80.6 cm³/mol. The number of carbonyl (C=O) groups is 3. The van der Waals surface area contributed by atoms with Gasteiger partial charge in [0.05, 0.1) is 5.56 Å².